The summed E-state index contributed by atoms with van der Waals surface area (Å²) < 4.78 is 3.24. The van der Waals surface area contributed by atoms with E-state index in [0.717, 1.165) is 4.91 Å². The van der Waals surface area contributed by atoms with Gasteiger partial charge < -0.3 is 0 Å². The zero-order valence-corrected chi connectivity index (χ0v) is 7.74. The molecular formula is C9H13NS. The summed E-state index contributed by atoms with van der Waals surface area (Å²) in [5.74, 6) is 0. The lowest BCUT2D eigenvalue weighted by Crippen LogP contribution is -2.12. The SMILES string of the molecule is C=C1SNC(C)/C1=C/C=C\C. The molecule has 1 aliphatic heterocycles. The van der Waals surface area contributed by atoms with Crippen LogP contribution in [0.25, 0.3) is 0 Å². The van der Waals surface area contributed by atoms with Gasteiger partial charge in [-0.2, -0.15) is 0 Å². The summed E-state index contributed by atoms with van der Waals surface area (Å²) in [7, 11) is 0. The van der Waals surface area contributed by atoms with Crippen LogP contribution < -0.4 is 4.72 Å². The molecule has 1 rings (SSSR count). The third-order valence-corrected chi connectivity index (χ3v) is 2.57. The standard InChI is InChI=1S/C9H13NS/c1-4-5-6-9-7(2)10-11-8(9)3/h4-7,10H,3H2,1-2H3/b5-4-,9-6-. The minimum atomic E-state index is 0.434. The summed E-state index contributed by atoms with van der Waals surface area (Å²) in [6.07, 6.45) is 6.18. The molecule has 0 aromatic heterocycles. The van der Waals surface area contributed by atoms with E-state index in [1.54, 1.807) is 11.9 Å². The van der Waals surface area contributed by atoms with Gasteiger partial charge in [-0.3, -0.25) is 4.72 Å². The first kappa shape index (κ1) is 8.62. The highest BCUT2D eigenvalue weighted by molar-refractivity contribution is 8.01. The van der Waals surface area contributed by atoms with E-state index >= 15 is 0 Å². The summed E-state index contributed by atoms with van der Waals surface area (Å²) in [5, 5.41) is 0. The second kappa shape index (κ2) is 3.79. The van der Waals surface area contributed by atoms with Gasteiger partial charge in [-0.25, -0.2) is 0 Å². The van der Waals surface area contributed by atoms with Crippen LogP contribution in [-0.2, 0) is 0 Å². The smallest absolute Gasteiger partial charge is 0.0407 e. The Labute approximate surface area is 72.4 Å². The molecule has 60 valence electrons. The van der Waals surface area contributed by atoms with Crippen molar-refractivity contribution in [1.82, 2.24) is 4.72 Å². The molecule has 1 heterocycles. The Morgan fingerprint density at radius 1 is 1.64 bits per heavy atom. The largest absolute Gasteiger partial charge is 0.253 e. The number of nitrogens with one attached hydrogen (secondary N) is 1. The average Bonchev–Trinajstić information content (AvgIpc) is 2.29. The van der Waals surface area contributed by atoms with Crippen LogP contribution in [0.2, 0.25) is 0 Å². The Bertz CT molecular complexity index is 216. The van der Waals surface area contributed by atoms with Crippen molar-refractivity contribution in [3.05, 3.63) is 35.3 Å². The fraction of sp³-hybridized carbons (Fsp3) is 0.333. The maximum absolute atomic E-state index is 3.94. The van der Waals surface area contributed by atoms with Crippen molar-refractivity contribution in [1.29, 1.82) is 0 Å². The Balaban J connectivity index is 2.75. The molecule has 1 atom stereocenters. The Morgan fingerprint density at radius 2 is 2.36 bits per heavy atom. The van der Waals surface area contributed by atoms with E-state index < -0.39 is 0 Å². The Kier molecular flexibility index (Phi) is 2.97. The molecule has 1 fully saturated rings. The van der Waals surface area contributed by atoms with Gasteiger partial charge in [0.05, 0.1) is 0 Å². The van der Waals surface area contributed by atoms with Crippen LogP contribution in [0.1, 0.15) is 13.8 Å². The lowest BCUT2D eigenvalue weighted by atomic mass is 10.1. The van der Waals surface area contributed by atoms with Crippen LogP contribution in [0, 0.1) is 0 Å². The van der Waals surface area contributed by atoms with Crippen molar-refractivity contribution < 1.29 is 0 Å². The van der Waals surface area contributed by atoms with Crippen molar-refractivity contribution in [3.8, 4) is 0 Å². The predicted molar refractivity (Wildman–Crippen MR) is 52.2 cm³/mol. The highest BCUT2D eigenvalue weighted by Crippen LogP contribution is 2.30. The highest BCUT2D eigenvalue weighted by Gasteiger charge is 2.18. The minimum absolute atomic E-state index is 0.434. The van der Waals surface area contributed by atoms with Gasteiger partial charge in [0.1, 0.15) is 0 Å². The Hall–Kier alpha value is -0.470. The first-order valence-corrected chi connectivity index (χ1v) is 4.52. The molecule has 0 aliphatic carbocycles. The second-order valence-corrected chi connectivity index (χ2v) is 3.45. The highest BCUT2D eigenvalue weighted by atomic mass is 32.2. The molecule has 0 saturated carbocycles. The van der Waals surface area contributed by atoms with Crippen LogP contribution in [0.5, 0.6) is 0 Å². The summed E-state index contributed by atoms with van der Waals surface area (Å²) in [5.41, 5.74) is 1.30. The first-order chi connectivity index (χ1) is 5.25. The van der Waals surface area contributed by atoms with E-state index in [1.807, 2.05) is 19.1 Å². The lowest BCUT2D eigenvalue weighted by molar-refractivity contribution is 0.839. The summed E-state index contributed by atoms with van der Waals surface area (Å²) in [6, 6.07) is 0.434. The van der Waals surface area contributed by atoms with E-state index in [1.165, 1.54) is 5.57 Å². The minimum Gasteiger partial charge on any atom is -0.253 e. The lowest BCUT2D eigenvalue weighted by Gasteiger charge is -2.00. The molecule has 2 heteroatoms. The third kappa shape index (κ3) is 1.98. The maximum Gasteiger partial charge on any atom is 0.0407 e. The van der Waals surface area contributed by atoms with Crippen LogP contribution in [0.4, 0.5) is 0 Å². The molecule has 11 heavy (non-hydrogen) atoms. The summed E-state index contributed by atoms with van der Waals surface area (Å²) in [6.45, 7) is 8.09. The zero-order chi connectivity index (χ0) is 8.27. The zero-order valence-electron chi connectivity index (χ0n) is 6.92. The fourth-order valence-corrected chi connectivity index (χ4v) is 1.77. The van der Waals surface area contributed by atoms with E-state index in [4.69, 9.17) is 0 Å². The molecule has 0 bridgehead atoms. The fourth-order valence-electron chi connectivity index (χ4n) is 0.961. The van der Waals surface area contributed by atoms with Crippen molar-refractivity contribution in [3.63, 3.8) is 0 Å². The quantitative estimate of drug-likeness (QED) is 0.602. The number of hydrogen-bond acceptors (Lipinski definition) is 2. The number of hydrogen-bond donors (Lipinski definition) is 1. The molecule has 0 amide bonds. The number of rotatable bonds is 1. The van der Waals surface area contributed by atoms with Crippen molar-refractivity contribution >= 4 is 11.9 Å². The van der Waals surface area contributed by atoms with Crippen molar-refractivity contribution in [2.75, 3.05) is 0 Å². The van der Waals surface area contributed by atoms with Crippen molar-refractivity contribution in [2.45, 2.75) is 19.9 Å². The molecule has 0 aromatic rings. The molecule has 0 spiro atoms. The molecule has 1 N–H and O–H groups in total. The second-order valence-electron chi connectivity index (χ2n) is 2.51. The monoisotopic (exact) mass is 167 g/mol. The van der Waals surface area contributed by atoms with Gasteiger partial charge in [0.15, 0.2) is 0 Å². The van der Waals surface area contributed by atoms with Gasteiger partial charge in [0, 0.05) is 10.9 Å². The average molecular weight is 167 g/mol. The van der Waals surface area contributed by atoms with Crippen LogP contribution in [0.3, 0.4) is 0 Å². The van der Waals surface area contributed by atoms with Gasteiger partial charge >= 0.3 is 0 Å². The Morgan fingerprint density at radius 3 is 2.82 bits per heavy atom. The van der Waals surface area contributed by atoms with E-state index in [9.17, 15) is 0 Å². The van der Waals surface area contributed by atoms with E-state index in [-0.39, 0.29) is 0 Å². The normalized spacial score (nSPS) is 29.1. The van der Waals surface area contributed by atoms with Gasteiger partial charge in [-0.15, -0.1) is 0 Å². The topological polar surface area (TPSA) is 12.0 Å². The summed E-state index contributed by atoms with van der Waals surface area (Å²) >= 11 is 1.62. The van der Waals surface area contributed by atoms with Gasteiger partial charge in [-0.05, 0) is 31.4 Å². The molecule has 0 aromatic carbocycles. The first-order valence-electron chi connectivity index (χ1n) is 3.70. The van der Waals surface area contributed by atoms with Gasteiger partial charge in [-0.1, -0.05) is 24.8 Å². The predicted octanol–water partition coefficient (Wildman–Crippen LogP) is 2.64. The third-order valence-electron chi connectivity index (χ3n) is 1.62. The van der Waals surface area contributed by atoms with E-state index in [2.05, 4.69) is 24.3 Å². The number of allylic oxidation sites excluding steroid dienone is 3. The van der Waals surface area contributed by atoms with Crippen LogP contribution >= 0.6 is 11.9 Å². The molecule has 1 aliphatic rings. The van der Waals surface area contributed by atoms with Crippen molar-refractivity contribution in [2.24, 2.45) is 0 Å². The molecule has 0 radical (unpaired) electrons. The molecular weight excluding hydrogens is 154 g/mol. The summed E-state index contributed by atoms with van der Waals surface area (Å²) in [4.78, 5) is 1.13. The molecule has 1 nitrogen and oxygen atoms in total. The van der Waals surface area contributed by atoms with Gasteiger partial charge in [0.2, 0.25) is 0 Å². The molecule has 1 unspecified atom stereocenters. The van der Waals surface area contributed by atoms with Crippen LogP contribution in [0.15, 0.2) is 35.3 Å². The van der Waals surface area contributed by atoms with E-state index in [0.29, 0.717) is 6.04 Å². The maximum atomic E-state index is 3.94. The van der Waals surface area contributed by atoms with Crippen LogP contribution in [-0.4, -0.2) is 6.04 Å². The molecule has 1 saturated heterocycles. The van der Waals surface area contributed by atoms with Gasteiger partial charge in [0.25, 0.3) is 0 Å².